The van der Waals surface area contributed by atoms with Gasteiger partial charge in [-0.25, -0.2) is 0 Å². The first-order valence-electron chi connectivity index (χ1n) is 4.22. The Balaban J connectivity index is 0.00000256. The molecule has 0 aliphatic carbocycles. The van der Waals surface area contributed by atoms with Crippen LogP contribution in [0.25, 0.3) is 11.1 Å². The topological polar surface area (TPSA) is 95.2 Å². The summed E-state index contributed by atoms with van der Waals surface area (Å²) in [5.41, 5.74) is 0.00373. The van der Waals surface area contributed by atoms with E-state index in [1.54, 1.807) is 24.3 Å². The van der Waals surface area contributed by atoms with Gasteiger partial charge in [-0.2, -0.15) is 21.0 Å². The van der Waals surface area contributed by atoms with Gasteiger partial charge in [-0.05, 0) is 0 Å². The number of rotatable bonds is 0. The summed E-state index contributed by atoms with van der Waals surface area (Å²) in [5, 5.41) is 35.5. The van der Waals surface area contributed by atoms with Crippen molar-refractivity contribution in [2.75, 3.05) is 0 Å². The monoisotopic (exact) mass is 212 g/mol. The summed E-state index contributed by atoms with van der Waals surface area (Å²) in [6.07, 6.45) is 0. The predicted octanol–water partition coefficient (Wildman–Crippen LogP) is -0.566. The van der Waals surface area contributed by atoms with E-state index in [4.69, 9.17) is 21.0 Å². The van der Waals surface area contributed by atoms with Gasteiger partial charge in [-0.1, -0.05) is 24.3 Å². The molecule has 0 aromatic heterocycles. The fraction of sp³-hybridized carbons (Fsp3) is 0. The molecule has 17 heavy (non-hydrogen) atoms. The van der Waals surface area contributed by atoms with Gasteiger partial charge in [0, 0.05) is 10.4 Å². The number of benzene rings is 1. The summed E-state index contributed by atoms with van der Waals surface area (Å²) >= 11 is 0. The standard InChI is InChI=1S/C12H4N4.Li.H/c13-5-11(6-14)9-1-2-10(4-3-9)12(7-15)8-16;;/h1-4H;;. The quantitative estimate of drug-likeness (QED) is 0.538. The molecular formula is C12H5LiN4. The molecule has 0 heterocycles. The Morgan fingerprint density at radius 2 is 0.882 bits per heavy atom. The van der Waals surface area contributed by atoms with Gasteiger partial charge in [0.15, 0.2) is 0 Å². The van der Waals surface area contributed by atoms with E-state index in [1.807, 2.05) is 0 Å². The Kier molecular flexibility index (Phi) is 5.89. The first-order chi connectivity index (χ1) is 7.76. The van der Waals surface area contributed by atoms with E-state index in [9.17, 15) is 0 Å². The summed E-state index contributed by atoms with van der Waals surface area (Å²) in [5.74, 6) is 0. The van der Waals surface area contributed by atoms with Crippen molar-refractivity contribution in [3.05, 3.63) is 34.7 Å². The van der Waals surface area contributed by atoms with Gasteiger partial charge in [0.25, 0.3) is 0 Å². The second kappa shape index (κ2) is 6.90. The van der Waals surface area contributed by atoms with Crippen molar-refractivity contribution >= 4 is 30.0 Å². The van der Waals surface area contributed by atoms with Crippen molar-refractivity contribution in [3.63, 3.8) is 0 Å². The van der Waals surface area contributed by atoms with Crippen LogP contribution >= 0.6 is 0 Å². The van der Waals surface area contributed by atoms with E-state index in [0.717, 1.165) is 0 Å². The zero-order valence-corrected chi connectivity index (χ0v) is 8.10. The minimum absolute atomic E-state index is 0. The molecule has 1 aromatic carbocycles. The maximum atomic E-state index is 8.63. The van der Waals surface area contributed by atoms with Crippen LogP contribution in [-0.2, 0) is 0 Å². The second-order valence-corrected chi connectivity index (χ2v) is 2.77. The zero-order chi connectivity index (χ0) is 12.0. The third-order valence-electron chi connectivity index (χ3n) is 1.91. The number of hydrogen-bond acceptors (Lipinski definition) is 4. The third-order valence-corrected chi connectivity index (χ3v) is 1.91. The van der Waals surface area contributed by atoms with Gasteiger partial charge in [0.1, 0.15) is 35.4 Å². The fourth-order valence-corrected chi connectivity index (χ4v) is 1.11. The van der Waals surface area contributed by atoms with Crippen LogP contribution in [0.15, 0.2) is 24.3 Å². The van der Waals surface area contributed by atoms with Gasteiger partial charge >= 0.3 is 18.9 Å². The zero-order valence-electron chi connectivity index (χ0n) is 8.10. The summed E-state index contributed by atoms with van der Waals surface area (Å²) < 4.78 is 0. The van der Waals surface area contributed by atoms with Crippen LogP contribution in [0, 0.1) is 45.3 Å². The average molecular weight is 212 g/mol. The van der Waals surface area contributed by atoms with Gasteiger partial charge in [0.2, 0.25) is 0 Å². The molecule has 0 radical (unpaired) electrons. The van der Waals surface area contributed by atoms with Crippen molar-refractivity contribution < 1.29 is 0 Å². The molecule has 0 unspecified atom stereocenters. The van der Waals surface area contributed by atoms with Crippen LogP contribution in [0.1, 0.15) is 0 Å². The van der Waals surface area contributed by atoms with E-state index in [2.05, 4.69) is 0 Å². The molecule has 0 saturated carbocycles. The van der Waals surface area contributed by atoms with E-state index in [0.29, 0.717) is 10.4 Å². The molecule has 0 spiro atoms. The molecule has 1 aromatic rings. The van der Waals surface area contributed by atoms with Crippen molar-refractivity contribution in [1.29, 1.82) is 21.0 Å². The minimum atomic E-state index is 0. The predicted molar refractivity (Wildman–Crippen MR) is 62.1 cm³/mol. The Bertz CT molecular complexity index is 587. The molecule has 0 atom stereocenters. The first kappa shape index (κ1) is 14.5. The Labute approximate surface area is 110 Å². The summed E-state index contributed by atoms with van der Waals surface area (Å²) in [6, 6.07) is 13.2. The number of nitriles is 4. The second-order valence-electron chi connectivity index (χ2n) is 2.77. The van der Waals surface area contributed by atoms with E-state index >= 15 is 0 Å². The van der Waals surface area contributed by atoms with Crippen molar-refractivity contribution in [2.45, 2.75) is 0 Å². The Morgan fingerprint density at radius 3 is 1.06 bits per heavy atom. The molecule has 5 heteroatoms. The van der Waals surface area contributed by atoms with Crippen LogP contribution in [0.2, 0.25) is 0 Å². The van der Waals surface area contributed by atoms with Crippen molar-refractivity contribution in [2.24, 2.45) is 0 Å². The fourth-order valence-electron chi connectivity index (χ4n) is 1.11. The molecule has 0 fully saturated rings. The SMILES string of the molecule is N#CC(C#N)=c1ccc(=C(C#N)C#N)cc1.[LiH]. The van der Waals surface area contributed by atoms with Crippen molar-refractivity contribution in [1.82, 2.24) is 0 Å². The number of nitrogens with zero attached hydrogens (tertiary/aromatic N) is 4. The van der Waals surface area contributed by atoms with Gasteiger partial charge < -0.3 is 0 Å². The maximum absolute atomic E-state index is 8.63. The molecule has 0 aliphatic rings. The van der Waals surface area contributed by atoms with Crippen LogP contribution in [0.5, 0.6) is 0 Å². The normalized spacial score (nSPS) is 7.29. The molecule has 0 aliphatic heterocycles. The Morgan fingerprint density at radius 1 is 0.647 bits per heavy atom. The van der Waals surface area contributed by atoms with Crippen LogP contribution < -0.4 is 10.4 Å². The van der Waals surface area contributed by atoms with Gasteiger partial charge in [-0.3, -0.25) is 0 Å². The summed E-state index contributed by atoms with van der Waals surface area (Å²) in [4.78, 5) is 0. The van der Waals surface area contributed by atoms with E-state index in [1.165, 1.54) is 24.3 Å². The van der Waals surface area contributed by atoms with E-state index in [-0.39, 0.29) is 30.0 Å². The molecule has 0 amide bonds. The molecule has 0 bridgehead atoms. The van der Waals surface area contributed by atoms with Crippen LogP contribution in [0.3, 0.4) is 0 Å². The van der Waals surface area contributed by atoms with E-state index < -0.39 is 0 Å². The first-order valence-corrected chi connectivity index (χ1v) is 4.22. The average Bonchev–Trinajstić information content (AvgIpc) is 2.34. The third kappa shape index (κ3) is 3.24. The van der Waals surface area contributed by atoms with Gasteiger partial charge in [-0.15, -0.1) is 0 Å². The van der Waals surface area contributed by atoms with Crippen LogP contribution in [0.4, 0.5) is 0 Å². The molecular weight excluding hydrogens is 207 g/mol. The van der Waals surface area contributed by atoms with Crippen molar-refractivity contribution in [3.8, 4) is 24.3 Å². The summed E-state index contributed by atoms with van der Waals surface area (Å²) in [7, 11) is 0. The molecule has 0 saturated heterocycles. The summed E-state index contributed by atoms with van der Waals surface area (Å²) in [6.45, 7) is 0. The number of hydrogen-bond donors (Lipinski definition) is 0. The van der Waals surface area contributed by atoms with Gasteiger partial charge in [0.05, 0.1) is 0 Å². The molecule has 4 nitrogen and oxygen atoms in total. The van der Waals surface area contributed by atoms with Crippen LogP contribution in [-0.4, -0.2) is 18.9 Å². The molecule has 0 N–H and O–H groups in total. The molecule has 1 rings (SSSR count). The molecule has 74 valence electrons. The Hall–Kier alpha value is -2.48.